The molecule has 0 amide bonds. The van der Waals surface area contributed by atoms with Crippen LogP contribution in [0, 0.1) is 0 Å². The molecule has 0 aliphatic carbocycles. The van der Waals surface area contributed by atoms with Gasteiger partial charge >= 0.3 is 5.56 Å². The van der Waals surface area contributed by atoms with Crippen molar-refractivity contribution < 1.29 is 4.74 Å². The number of ether oxygens (including phenoxy) is 1. The van der Waals surface area contributed by atoms with Crippen molar-refractivity contribution in [2.24, 2.45) is 0 Å². The predicted octanol–water partition coefficient (Wildman–Crippen LogP) is 5.31. The van der Waals surface area contributed by atoms with Crippen LogP contribution in [0.4, 0.5) is 11.6 Å². The molecule has 10 heteroatoms. The van der Waals surface area contributed by atoms with E-state index in [1.807, 2.05) is 19.1 Å². The summed E-state index contributed by atoms with van der Waals surface area (Å²) in [4.78, 5) is 26.0. The van der Waals surface area contributed by atoms with Gasteiger partial charge in [-0.2, -0.15) is 9.78 Å². The molecule has 0 aliphatic rings. The Labute approximate surface area is 200 Å². The van der Waals surface area contributed by atoms with Gasteiger partial charge in [-0.05, 0) is 42.8 Å². The van der Waals surface area contributed by atoms with Crippen LogP contribution in [-0.2, 0) is 0 Å². The van der Waals surface area contributed by atoms with E-state index in [0.717, 1.165) is 28.8 Å². The number of pyridine rings is 1. The Bertz CT molecular complexity index is 1330. The summed E-state index contributed by atoms with van der Waals surface area (Å²) in [6, 6.07) is 12.5. The molecule has 4 aromatic rings. The smallest absolute Gasteiger partial charge is 0.316 e. The number of hydrogen-bond donors (Lipinski definition) is 1. The second-order valence-electron chi connectivity index (χ2n) is 7.04. The summed E-state index contributed by atoms with van der Waals surface area (Å²) in [5.41, 5.74) is 1.66. The Kier molecular flexibility index (Phi) is 7.16. The van der Waals surface area contributed by atoms with E-state index in [9.17, 15) is 4.79 Å². The van der Waals surface area contributed by atoms with E-state index in [4.69, 9.17) is 27.9 Å². The highest BCUT2D eigenvalue weighted by Gasteiger charge is 2.14. The first-order valence-corrected chi connectivity index (χ1v) is 11.0. The molecule has 0 saturated heterocycles. The molecule has 0 atom stereocenters. The number of benzene rings is 1. The third kappa shape index (κ3) is 5.47. The Balaban J connectivity index is 1.64. The van der Waals surface area contributed by atoms with E-state index in [-0.39, 0.29) is 10.8 Å². The Morgan fingerprint density at radius 1 is 1.09 bits per heavy atom. The predicted molar refractivity (Wildman–Crippen MR) is 129 cm³/mol. The minimum Gasteiger partial charge on any atom is -0.487 e. The maximum Gasteiger partial charge on any atom is 0.316 e. The standard InChI is InChI=1S/C23H20Cl2N6O2/c1-2-3-11-33-21-18(25)14-28-31(22(21)32)20-12-15(7-9-26-20)19-8-10-27-23(30-19)29-17-6-4-5-16(24)13-17/h4-10,12-14H,2-3,11H2,1H3,(H,27,29,30). The molecule has 33 heavy (non-hydrogen) atoms. The summed E-state index contributed by atoms with van der Waals surface area (Å²) in [7, 11) is 0. The van der Waals surface area contributed by atoms with Gasteiger partial charge in [0.05, 0.1) is 18.5 Å². The number of rotatable bonds is 8. The summed E-state index contributed by atoms with van der Waals surface area (Å²) >= 11 is 12.2. The van der Waals surface area contributed by atoms with Crippen molar-refractivity contribution in [1.29, 1.82) is 0 Å². The van der Waals surface area contributed by atoms with Crippen LogP contribution in [0.1, 0.15) is 19.8 Å². The van der Waals surface area contributed by atoms with Crippen LogP contribution in [0.3, 0.4) is 0 Å². The lowest BCUT2D eigenvalue weighted by molar-refractivity contribution is 0.303. The fourth-order valence-corrected chi connectivity index (χ4v) is 3.37. The number of unbranched alkanes of at least 4 members (excludes halogenated alkanes) is 1. The Morgan fingerprint density at radius 3 is 2.76 bits per heavy atom. The molecule has 3 heterocycles. The molecule has 4 rings (SSSR count). The molecule has 0 saturated carbocycles. The monoisotopic (exact) mass is 482 g/mol. The van der Waals surface area contributed by atoms with E-state index < -0.39 is 5.56 Å². The largest absolute Gasteiger partial charge is 0.487 e. The molecule has 168 valence electrons. The summed E-state index contributed by atoms with van der Waals surface area (Å²) in [5.74, 6) is 0.779. The maximum absolute atomic E-state index is 12.9. The quantitative estimate of drug-likeness (QED) is 0.339. The molecule has 1 N–H and O–H groups in total. The van der Waals surface area contributed by atoms with Crippen LogP contribution in [0.25, 0.3) is 17.1 Å². The fraction of sp³-hybridized carbons (Fsp3) is 0.174. The topological polar surface area (TPSA) is 94.8 Å². The second-order valence-corrected chi connectivity index (χ2v) is 7.89. The summed E-state index contributed by atoms with van der Waals surface area (Å²) in [6.45, 7) is 2.43. The van der Waals surface area contributed by atoms with Gasteiger partial charge in [-0.1, -0.05) is 42.6 Å². The summed E-state index contributed by atoms with van der Waals surface area (Å²) in [5, 5.41) is 8.02. The van der Waals surface area contributed by atoms with Crippen molar-refractivity contribution in [2.45, 2.75) is 19.8 Å². The van der Waals surface area contributed by atoms with Gasteiger partial charge in [-0.3, -0.25) is 4.79 Å². The Hall–Kier alpha value is -3.49. The fourth-order valence-electron chi connectivity index (χ4n) is 3.00. The first-order valence-electron chi connectivity index (χ1n) is 10.3. The zero-order chi connectivity index (χ0) is 23.2. The summed E-state index contributed by atoms with van der Waals surface area (Å²) < 4.78 is 6.75. The SMILES string of the molecule is CCCCOc1c(Cl)cnn(-c2cc(-c3ccnc(Nc4cccc(Cl)c4)n3)ccn2)c1=O. The zero-order valence-corrected chi connectivity index (χ0v) is 19.2. The molecule has 0 bridgehead atoms. The van der Waals surface area contributed by atoms with Crippen molar-refractivity contribution in [3.05, 3.63) is 81.5 Å². The summed E-state index contributed by atoms with van der Waals surface area (Å²) in [6.07, 6.45) is 6.34. The van der Waals surface area contributed by atoms with Gasteiger partial charge in [0.2, 0.25) is 11.7 Å². The number of aromatic nitrogens is 5. The number of nitrogens with zero attached hydrogens (tertiary/aromatic N) is 5. The highest BCUT2D eigenvalue weighted by atomic mass is 35.5. The van der Waals surface area contributed by atoms with Crippen LogP contribution in [0.5, 0.6) is 5.75 Å². The first kappa shape index (κ1) is 22.7. The highest BCUT2D eigenvalue weighted by molar-refractivity contribution is 6.31. The second kappa shape index (κ2) is 10.4. The number of halogens is 2. The van der Waals surface area contributed by atoms with Crippen LogP contribution >= 0.6 is 23.2 Å². The highest BCUT2D eigenvalue weighted by Crippen LogP contribution is 2.23. The number of hydrogen-bond acceptors (Lipinski definition) is 7. The molecule has 0 spiro atoms. The lowest BCUT2D eigenvalue weighted by Gasteiger charge is -2.10. The molecule has 0 aliphatic heterocycles. The van der Waals surface area contributed by atoms with Crippen molar-refractivity contribution in [3.8, 4) is 22.8 Å². The van der Waals surface area contributed by atoms with Crippen LogP contribution in [0.15, 0.2) is 65.8 Å². The van der Waals surface area contributed by atoms with E-state index in [1.54, 1.807) is 42.7 Å². The van der Waals surface area contributed by atoms with Crippen molar-refractivity contribution >= 4 is 34.8 Å². The van der Waals surface area contributed by atoms with E-state index in [0.29, 0.717) is 29.1 Å². The van der Waals surface area contributed by atoms with Gasteiger partial charge in [0, 0.05) is 28.7 Å². The maximum atomic E-state index is 12.9. The molecule has 0 unspecified atom stereocenters. The molecule has 8 nitrogen and oxygen atoms in total. The average molecular weight is 483 g/mol. The van der Waals surface area contributed by atoms with Gasteiger partial charge < -0.3 is 10.1 Å². The number of nitrogens with one attached hydrogen (secondary N) is 1. The van der Waals surface area contributed by atoms with Gasteiger partial charge in [-0.15, -0.1) is 0 Å². The van der Waals surface area contributed by atoms with Gasteiger partial charge in [0.1, 0.15) is 5.02 Å². The molecule has 0 radical (unpaired) electrons. The van der Waals surface area contributed by atoms with E-state index >= 15 is 0 Å². The van der Waals surface area contributed by atoms with Crippen molar-refractivity contribution in [3.63, 3.8) is 0 Å². The van der Waals surface area contributed by atoms with Crippen molar-refractivity contribution in [1.82, 2.24) is 24.7 Å². The average Bonchev–Trinajstić information content (AvgIpc) is 2.82. The van der Waals surface area contributed by atoms with Crippen molar-refractivity contribution in [2.75, 3.05) is 11.9 Å². The molecule has 0 fully saturated rings. The Morgan fingerprint density at radius 2 is 1.94 bits per heavy atom. The van der Waals surface area contributed by atoms with Crippen LogP contribution in [0.2, 0.25) is 10.0 Å². The van der Waals surface area contributed by atoms with E-state index in [1.165, 1.54) is 6.20 Å². The zero-order valence-electron chi connectivity index (χ0n) is 17.7. The molecular weight excluding hydrogens is 463 g/mol. The molecule has 1 aromatic carbocycles. The minimum atomic E-state index is -0.478. The van der Waals surface area contributed by atoms with E-state index in [2.05, 4.69) is 25.4 Å². The van der Waals surface area contributed by atoms with Gasteiger partial charge in [0.25, 0.3) is 0 Å². The van der Waals surface area contributed by atoms with Gasteiger partial charge in [-0.25, -0.2) is 15.0 Å². The van der Waals surface area contributed by atoms with Crippen LogP contribution < -0.4 is 15.6 Å². The third-order valence-electron chi connectivity index (χ3n) is 4.63. The minimum absolute atomic E-state index is 0.0577. The lowest BCUT2D eigenvalue weighted by atomic mass is 10.2. The first-order chi connectivity index (χ1) is 16.0. The molecular formula is C23H20Cl2N6O2. The third-order valence-corrected chi connectivity index (χ3v) is 5.13. The lowest BCUT2D eigenvalue weighted by Crippen LogP contribution is -2.24. The normalized spacial score (nSPS) is 10.8. The van der Waals surface area contributed by atoms with Crippen LogP contribution in [-0.4, -0.2) is 31.3 Å². The molecule has 3 aromatic heterocycles. The number of anilines is 2. The van der Waals surface area contributed by atoms with Gasteiger partial charge in [0.15, 0.2) is 5.82 Å².